The second-order valence-corrected chi connectivity index (χ2v) is 6.36. The first-order valence-corrected chi connectivity index (χ1v) is 9.01. The molecule has 5 heteroatoms. The molecule has 0 unspecified atom stereocenters. The molecule has 0 aromatic carbocycles. The van der Waals surface area contributed by atoms with Gasteiger partial charge in [0.2, 0.25) is 0 Å². The Kier molecular flexibility index (Phi) is 10.9. The van der Waals surface area contributed by atoms with Crippen LogP contribution >= 0.6 is 0 Å². The van der Waals surface area contributed by atoms with Crippen molar-refractivity contribution in [2.45, 2.75) is 95.9 Å². The molecule has 0 aliphatic carbocycles. The highest BCUT2D eigenvalue weighted by molar-refractivity contribution is 5.66. The van der Waals surface area contributed by atoms with E-state index in [1.807, 2.05) is 12.2 Å². The van der Waals surface area contributed by atoms with Crippen LogP contribution in [-0.2, 0) is 14.4 Å². The van der Waals surface area contributed by atoms with E-state index in [1.165, 1.54) is 19.3 Å². The Balaban J connectivity index is 2.02. The van der Waals surface area contributed by atoms with Crippen LogP contribution in [0.25, 0.3) is 0 Å². The van der Waals surface area contributed by atoms with Crippen LogP contribution in [0.15, 0.2) is 12.2 Å². The minimum atomic E-state index is -0.719. The van der Waals surface area contributed by atoms with E-state index in [0.29, 0.717) is 12.5 Å². The van der Waals surface area contributed by atoms with Crippen LogP contribution in [-0.4, -0.2) is 34.6 Å². The number of rotatable bonds is 15. The molecule has 0 spiro atoms. The Bertz CT molecular complexity index is 342. The lowest BCUT2D eigenvalue weighted by Crippen LogP contribution is -2.12. The third-order valence-electron chi connectivity index (χ3n) is 4.24. The average molecular weight is 328 g/mol. The van der Waals surface area contributed by atoms with Crippen molar-refractivity contribution in [3.05, 3.63) is 12.2 Å². The maximum atomic E-state index is 10.4. The molecule has 23 heavy (non-hydrogen) atoms. The molecule has 1 aliphatic rings. The van der Waals surface area contributed by atoms with Crippen LogP contribution < -0.4 is 0 Å². The van der Waals surface area contributed by atoms with E-state index in [0.717, 1.165) is 38.5 Å². The van der Waals surface area contributed by atoms with Crippen molar-refractivity contribution in [2.24, 2.45) is 0 Å². The summed E-state index contributed by atoms with van der Waals surface area (Å²) in [7, 11) is 0. The number of allylic oxidation sites excluding steroid dienone is 1. The summed E-state index contributed by atoms with van der Waals surface area (Å²) in [5, 5.41) is 17.5. The quantitative estimate of drug-likeness (QED) is 0.151. The Labute approximate surface area is 139 Å². The molecule has 0 saturated carbocycles. The van der Waals surface area contributed by atoms with Gasteiger partial charge in [0.15, 0.2) is 0 Å². The maximum Gasteiger partial charge on any atom is 0.303 e. The first kappa shape index (κ1) is 20.1. The number of carboxylic acids is 1. The standard InChI is InChI=1S/C18H32O5/c1-2-3-8-12-16-17(22-16)14-15(23-21)11-9-6-4-5-7-10-13-18(19)20/h9,11,15-17,21H,2-8,10,12-14H2,1H3,(H,19,20)/b11-9+/t15-,16-,17+/m0/s1. The lowest BCUT2D eigenvalue weighted by atomic mass is 10.1. The molecule has 1 fully saturated rings. The zero-order valence-corrected chi connectivity index (χ0v) is 14.3. The Morgan fingerprint density at radius 2 is 1.96 bits per heavy atom. The summed E-state index contributed by atoms with van der Waals surface area (Å²) in [5.74, 6) is -0.719. The van der Waals surface area contributed by atoms with Crippen LogP contribution in [0.2, 0.25) is 0 Å². The van der Waals surface area contributed by atoms with Gasteiger partial charge < -0.3 is 9.84 Å². The molecule has 0 aromatic heterocycles. The summed E-state index contributed by atoms with van der Waals surface area (Å²) in [6, 6.07) is 0. The van der Waals surface area contributed by atoms with Gasteiger partial charge in [-0.05, 0) is 25.7 Å². The van der Waals surface area contributed by atoms with Gasteiger partial charge in [-0.2, -0.15) is 0 Å². The van der Waals surface area contributed by atoms with Crippen LogP contribution in [0.3, 0.4) is 0 Å². The van der Waals surface area contributed by atoms with Crippen molar-refractivity contribution in [1.29, 1.82) is 0 Å². The highest BCUT2D eigenvalue weighted by Crippen LogP contribution is 2.31. The average Bonchev–Trinajstić information content (AvgIpc) is 3.26. The summed E-state index contributed by atoms with van der Waals surface area (Å²) < 4.78 is 5.61. The minimum Gasteiger partial charge on any atom is -0.481 e. The smallest absolute Gasteiger partial charge is 0.303 e. The highest BCUT2D eigenvalue weighted by Gasteiger charge is 2.39. The number of ether oxygens (including phenoxy) is 1. The second-order valence-electron chi connectivity index (χ2n) is 6.36. The van der Waals surface area contributed by atoms with Gasteiger partial charge in [-0.25, -0.2) is 4.89 Å². The van der Waals surface area contributed by atoms with Gasteiger partial charge in [-0.15, -0.1) is 0 Å². The predicted molar refractivity (Wildman–Crippen MR) is 89.4 cm³/mol. The first-order valence-electron chi connectivity index (χ1n) is 9.01. The normalized spacial score (nSPS) is 21.7. The monoisotopic (exact) mass is 328 g/mol. The molecule has 1 rings (SSSR count). The third kappa shape index (κ3) is 10.5. The highest BCUT2D eigenvalue weighted by atomic mass is 17.1. The third-order valence-corrected chi connectivity index (χ3v) is 4.24. The van der Waals surface area contributed by atoms with Gasteiger partial charge in [0, 0.05) is 12.8 Å². The van der Waals surface area contributed by atoms with Crippen molar-refractivity contribution in [3.8, 4) is 0 Å². The number of hydrogen-bond donors (Lipinski definition) is 2. The number of unbranched alkanes of at least 4 members (excludes halogenated alkanes) is 6. The summed E-state index contributed by atoms with van der Waals surface area (Å²) in [6.07, 6.45) is 14.7. The van der Waals surface area contributed by atoms with E-state index in [2.05, 4.69) is 11.8 Å². The van der Waals surface area contributed by atoms with Crippen molar-refractivity contribution in [3.63, 3.8) is 0 Å². The van der Waals surface area contributed by atoms with Crippen molar-refractivity contribution in [1.82, 2.24) is 0 Å². The molecule has 1 saturated heterocycles. The molecule has 0 amide bonds. The molecular formula is C18H32O5. The largest absolute Gasteiger partial charge is 0.481 e. The van der Waals surface area contributed by atoms with Gasteiger partial charge in [0.25, 0.3) is 0 Å². The van der Waals surface area contributed by atoms with E-state index in [1.54, 1.807) is 0 Å². The summed E-state index contributed by atoms with van der Waals surface area (Å²) >= 11 is 0. The lowest BCUT2D eigenvalue weighted by molar-refractivity contribution is -0.267. The molecular weight excluding hydrogens is 296 g/mol. The van der Waals surface area contributed by atoms with Crippen molar-refractivity contribution < 1.29 is 24.8 Å². The lowest BCUT2D eigenvalue weighted by Gasteiger charge is -2.06. The molecule has 1 heterocycles. The SMILES string of the molecule is CCCCC[C@@H]1O[C@@H]1C[C@H](/C=C/CCCCCCC(=O)O)OO. The summed E-state index contributed by atoms with van der Waals surface area (Å²) in [4.78, 5) is 14.9. The first-order chi connectivity index (χ1) is 11.2. The zero-order valence-electron chi connectivity index (χ0n) is 14.3. The molecule has 2 N–H and O–H groups in total. The topological polar surface area (TPSA) is 79.3 Å². The zero-order chi connectivity index (χ0) is 16.9. The van der Waals surface area contributed by atoms with Gasteiger partial charge in [0.1, 0.15) is 6.10 Å². The Morgan fingerprint density at radius 3 is 2.65 bits per heavy atom. The Hall–Kier alpha value is -0.910. The Morgan fingerprint density at radius 1 is 1.17 bits per heavy atom. The van der Waals surface area contributed by atoms with Crippen LogP contribution in [0.4, 0.5) is 0 Å². The van der Waals surface area contributed by atoms with Crippen LogP contribution in [0.5, 0.6) is 0 Å². The molecule has 0 bridgehead atoms. The fourth-order valence-corrected chi connectivity index (χ4v) is 2.76. The molecule has 0 aromatic rings. The molecule has 1 aliphatic heterocycles. The number of carbonyl (C=O) groups is 1. The summed E-state index contributed by atoms with van der Waals surface area (Å²) in [5.41, 5.74) is 0. The number of epoxide rings is 1. The van der Waals surface area contributed by atoms with E-state index >= 15 is 0 Å². The summed E-state index contributed by atoms with van der Waals surface area (Å²) in [6.45, 7) is 2.19. The molecule has 0 radical (unpaired) electrons. The van der Waals surface area contributed by atoms with Crippen molar-refractivity contribution >= 4 is 5.97 Å². The second kappa shape index (κ2) is 12.5. The number of aliphatic carboxylic acids is 1. The fraction of sp³-hybridized carbons (Fsp3) is 0.833. The van der Waals surface area contributed by atoms with Crippen LogP contribution in [0.1, 0.15) is 77.6 Å². The predicted octanol–water partition coefficient (Wildman–Crippen LogP) is 4.56. The number of hydrogen-bond acceptors (Lipinski definition) is 4. The van der Waals surface area contributed by atoms with Crippen LogP contribution in [0, 0.1) is 0 Å². The van der Waals surface area contributed by atoms with E-state index < -0.39 is 5.97 Å². The minimum absolute atomic E-state index is 0.227. The van der Waals surface area contributed by atoms with Crippen molar-refractivity contribution in [2.75, 3.05) is 0 Å². The van der Waals surface area contributed by atoms with E-state index in [4.69, 9.17) is 15.1 Å². The number of carboxylic acid groups (broad SMARTS) is 1. The van der Waals surface area contributed by atoms with Gasteiger partial charge in [-0.1, -0.05) is 51.2 Å². The molecule has 134 valence electrons. The van der Waals surface area contributed by atoms with Gasteiger partial charge in [-0.3, -0.25) is 10.1 Å². The van der Waals surface area contributed by atoms with E-state index in [-0.39, 0.29) is 18.6 Å². The molecule has 5 nitrogen and oxygen atoms in total. The fourth-order valence-electron chi connectivity index (χ4n) is 2.76. The van der Waals surface area contributed by atoms with Gasteiger partial charge >= 0.3 is 5.97 Å². The van der Waals surface area contributed by atoms with Gasteiger partial charge in [0.05, 0.1) is 12.2 Å². The maximum absolute atomic E-state index is 10.4. The molecule has 3 atom stereocenters. The van der Waals surface area contributed by atoms with E-state index in [9.17, 15) is 4.79 Å².